The van der Waals surface area contributed by atoms with Crippen LogP contribution >= 0.6 is 46.4 Å². The van der Waals surface area contributed by atoms with Crippen LogP contribution in [0.1, 0.15) is 15.9 Å². The summed E-state index contributed by atoms with van der Waals surface area (Å²) in [5.41, 5.74) is 3.13. The number of methoxy groups -OCH3 is 1. The predicted molar refractivity (Wildman–Crippen MR) is 132 cm³/mol. The van der Waals surface area contributed by atoms with Crippen molar-refractivity contribution in [3.8, 4) is 17.2 Å². The van der Waals surface area contributed by atoms with E-state index < -0.39 is 11.9 Å². The molecular weight excluding hydrogens is 526 g/mol. The summed E-state index contributed by atoms with van der Waals surface area (Å²) in [6.45, 7) is -0.315. The average molecular weight is 542 g/mol. The van der Waals surface area contributed by atoms with Gasteiger partial charge in [0.2, 0.25) is 0 Å². The molecule has 3 aromatic carbocycles. The van der Waals surface area contributed by atoms with Crippen molar-refractivity contribution in [2.45, 2.75) is 0 Å². The Balaban J connectivity index is 1.59. The molecule has 0 saturated carbocycles. The van der Waals surface area contributed by atoms with Crippen molar-refractivity contribution in [1.29, 1.82) is 0 Å². The van der Waals surface area contributed by atoms with Gasteiger partial charge in [-0.1, -0.05) is 52.5 Å². The first-order chi connectivity index (χ1) is 16.3. The summed E-state index contributed by atoms with van der Waals surface area (Å²) >= 11 is 23.7. The molecule has 0 radical (unpaired) electrons. The predicted octanol–water partition coefficient (Wildman–Crippen LogP) is 6.06. The maximum absolute atomic E-state index is 12.4. The number of hydrogen-bond donors (Lipinski definition) is 1. The summed E-state index contributed by atoms with van der Waals surface area (Å²) in [6.07, 6.45) is 1.39. The molecule has 34 heavy (non-hydrogen) atoms. The van der Waals surface area contributed by atoms with Gasteiger partial charge in [-0.3, -0.25) is 4.79 Å². The van der Waals surface area contributed by atoms with Crippen LogP contribution in [0.3, 0.4) is 0 Å². The zero-order valence-electron chi connectivity index (χ0n) is 17.5. The van der Waals surface area contributed by atoms with Gasteiger partial charge >= 0.3 is 5.97 Å². The highest BCUT2D eigenvalue weighted by Gasteiger charge is 2.14. The largest absolute Gasteiger partial charge is 0.493 e. The van der Waals surface area contributed by atoms with Crippen LogP contribution in [-0.4, -0.2) is 31.8 Å². The van der Waals surface area contributed by atoms with Gasteiger partial charge in [0, 0.05) is 0 Å². The van der Waals surface area contributed by atoms with E-state index in [9.17, 15) is 9.59 Å². The fourth-order valence-corrected chi connectivity index (χ4v) is 3.23. The van der Waals surface area contributed by atoms with E-state index in [0.29, 0.717) is 15.6 Å². The number of hydrazone groups is 1. The van der Waals surface area contributed by atoms with Gasteiger partial charge in [0.1, 0.15) is 10.8 Å². The van der Waals surface area contributed by atoms with Crippen molar-refractivity contribution in [1.82, 2.24) is 5.43 Å². The molecule has 11 heteroatoms. The highest BCUT2D eigenvalue weighted by molar-refractivity contribution is 6.43. The highest BCUT2D eigenvalue weighted by atomic mass is 35.5. The highest BCUT2D eigenvalue weighted by Crippen LogP contribution is 2.31. The van der Waals surface area contributed by atoms with Crippen LogP contribution < -0.4 is 19.6 Å². The van der Waals surface area contributed by atoms with Crippen molar-refractivity contribution >= 4 is 64.5 Å². The van der Waals surface area contributed by atoms with Crippen LogP contribution in [-0.2, 0) is 4.79 Å². The third-order valence-corrected chi connectivity index (χ3v) is 5.76. The molecule has 0 aromatic heterocycles. The monoisotopic (exact) mass is 540 g/mol. The minimum absolute atomic E-state index is 0.187. The van der Waals surface area contributed by atoms with Crippen molar-refractivity contribution in [2.75, 3.05) is 13.7 Å². The molecule has 0 aliphatic rings. The van der Waals surface area contributed by atoms with Crippen molar-refractivity contribution in [3.63, 3.8) is 0 Å². The number of carbonyl (C=O) groups is 2. The Bertz CT molecular complexity index is 1250. The third-order valence-electron chi connectivity index (χ3n) is 4.22. The Hall–Kier alpha value is -2.97. The summed E-state index contributed by atoms with van der Waals surface area (Å²) in [5, 5.41) is 4.96. The lowest BCUT2D eigenvalue weighted by Gasteiger charge is -2.10. The fraction of sp³-hybridized carbons (Fsp3) is 0.0870. The summed E-state index contributed by atoms with van der Waals surface area (Å²) in [5.74, 6) is -0.394. The molecule has 0 aliphatic carbocycles. The number of amides is 1. The topological polar surface area (TPSA) is 86.2 Å². The lowest BCUT2D eigenvalue weighted by Crippen LogP contribution is -2.24. The summed E-state index contributed by atoms with van der Waals surface area (Å²) < 4.78 is 16.0. The van der Waals surface area contributed by atoms with Gasteiger partial charge in [-0.2, -0.15) is 5.10 Å². The first kappa shape index (κ1) is 25.6. The van der Waals surface area contributed by atoms with E-state index in [0.717, 1.165) is 0 Å². The molecule has 0 unspecified atom stereocenters. The average Bonchev–Trinajstić information content (AvgIpc) is 2.82. The maximum Gasteiger partial charge on any atom is 0.343 e. The first-order valence-corrected chi connectivity index (χ1v) is 11.0. The van der Waals surface area contributed by atoms with E-state index in [1.165, 1.54) is 37.6 Å². The number of nitrogens with zero attached hydrogens (tertiary/aromatic N) is 1. The fourth-order valence-electron chi connectivity index (χ4n) is 2.58. The summed E-state index contributed by atoms with van der Waals surface area (Å²) in [6, 6.07) is 14.0. The Morgan fingerprint density at radius 2 is 1.71 bits per heavy atom. The van der Waals surface area contributed by atoms with Crippen LogP contribution in [0, 0.1) is 0 Å². The van der Waals surface area contributed by atoms with Gasteiger partial charge in [0.05, 0.1) is 34.0 Å². The third kappa shape index (κ3) is 6.77. The van der Waals surface area contributed by atoms with E-state index in [2.05, 4.69) is 10.5 Å². The molecule has 0 saturated heterocycles. The molecular formula is C23H16Cl4N2O5. The molecule has 0 aliphatic heterocycles. The minimum atomic E-state index is -0.634. The lowest BCUT2D eigenvalue weighted by atomic mass is 10.2. The van der Waals surface area contributed by atoms with Gasteiger partial charge in [-0.25, -0.2) is 10.2 Å². The van der Waals surface area contributed by atoms with Crippen LogP contribution in [0.5, 0.6) is 17.2 Å². The molecule has 0 heterocycles. The van der Waals surface area contributed by atoms with E-state index in [4.69, 9.17) is 60.6 Å². The molecule has 7 nitrogen and oxygen atoms in total. The number of ether oxygens (including phenoxy) is 3. The summed E-state index contributed by atoms with van der Waals surface area (Å²) in [4.78, 5) is 24.4. The van der Waals surface area contributed by atoms with E-state index in [1.807, 2.05) is 0 Å². The maximum atomic E-state index is 12.4. The standard InChI is InChI=1S/C23H16Cl4N2O5/c1-32-20-9-13(5-8-18(20)34-23(31)14-6-7-15(24)17(26)10-14)11-28-29-21(30)12-33-19-4-2-3-16(25)22(19)27/h2-11H,12H2,1H3,(H,29,30)/b28-11+. The van der Waals surface area contributed by atoms with Gasteiger partial charge < -0.3 is 14.2 Å². The number of rotatable bonds is 8. The SMILES string of the molecule is COc1cc(/C=N/NC(=O)COc2cccc(Cl)c2Cl)ccc1OC(=O)c1ccc(Cl)c(Cl)c1. The molecule has 1 amide bonds. The van der Waals surface area contributed by atoms with Crippen molar-refractivity contribution in [2.24, 2.45) is 5.10 Å². The zero-order valence-corrected chi connectivity index (χ0v) is 20.5. The van der Waals surface area contributed by atoms with Crippen LogP contribution in [0.2, 0.25) is 20.1 Å². The number of nitrogens with one attached hydrogen (secondary N) is 1. The first-order valence-electron chi connectivity index (χ1n) is 9.52. The second-order valence-corrected chi connectivity index (χ2v) is 8.16. The quantitative estimate of drug-likeness (QED) is 0.162. The Morgan fingerprint density at radius 3 is 2.44 bits per heavy atom. The molecule has 0 fully saturated rings. The second-order valence-electron chi connectivity index (χ2n) is 6.56. The molecule has 0 spiro atoms. The Kier molecular flexibility index (Phi) is 9.01. The van der Waals surface area contributed by atoms with E-state index in [-0.39, 0.29) is 39.5 Å². The van der Waals surface area contributed by atoms with Gasteiger partial charge in [-0.15, -0.1) is 0 Å². The number of carbonyl (C=O) groups excluding carboxylic acids is 2. The molecule has 1 N–H and O–H groups in total. The van der Waals surface area contributed by atoms with Crippen LogP contribution in [0.25, 0.3) is 0 Å². The lowest BCUT2D eigenvalue weighted by molar-refractivity contribution is -0.123. The zero-order chi connectivity index (χ0) is 24.7. The van der Waals surface area contributed by atoms with Gasteiger partial charge in [0.25, 0.3) is 5.91 Å². The summed E-state index contributed by atoms with van der Waals surface area (Å²) in [7, 11) is 1.42. The van der Waals surface area contributed by atoms with E-state index >= 15 is 0 Å². The van der Waals surface area contributed by atoms with Crippen molar-refractivity contribution < 1.29 is 23.8 Å². The van der Waals surface area contributed by atoms with E-state index in [1.54, 1.807) is 30.3 Å². The minimum Gasteiger partial charge on any atom is -0.493 e. The number of hydrogen-bond acceptors (Lipinski definition) is 6. The molecule has 0 atom stereocenters. The number of esters is 1. The second kappa shape index (κ2) is 11.9. The smallest absolute Gasteiger partial charge is 0.343 e. The van der Waals surface area contributed by atoms with Crippen LogP contribution in [0.4, 0.5) is 0 Å². The molecule has 3 aromatic rings. The molecule has 0 bridgehead atoms. The Morgan fingerprint density at radius 1 is 0.912 bits per heavy atom. The van der Waals surface area contributed by atoms with Gasteiger partial charge in [0.15, 0.2) is 18.1 Å². The van der Waals surface area contributed by atoms with Crippen LogP contribution in [0.15, 0.2) is 59.7 Å². The molecule has 3 rings (SSSR count). The van der Waals surface area contributed by atoms with Gasteiger partial charge in [-0.05, 0) is 54.1 Å². The normalized spacial score (nSPS) is 10.7. The number of benzene rings is 3. The molecule has 176 valence electrons. The van der Waals surface area contributed by atoms with Crippen molar-refractivity contribution in [3.05, 3.63) is 85.8 Å². The Labute approximate surface area is 215 Å². The number of halogens is 4.